The van der Waals surface area contributed by atoms with Crippen LogP contribution in [0.3, 0.4) is 0 Å². The molecule has 0 saturated heterocycles. The molecule has 112 valence electrons. The number of hydrogen-bond donors (Lipinski definition) is 0. The lowest BCUT2D eigenvalue weighted by Gasteiger charge is -2.11. The first-order chi connectivity index (χ1) is 10.3. The monoisotopic (exact) mass is 282 g/mol. The van der Waals surface area contributed by atoms with E-state index in [2.05, 4.69) is 31.0 Å². The number of benzene rings is 1. The van der Waals surface area contributed by atoms with Gasteiger partial charge in [-0.3, -0.25) is 0 Å². The van der Waals surface area contributed by atoms with Crippen LogP contribution in [0.25, 0.3) is 11.3 Å². The van der Waals surface area contributed by atoms with Gasteiger partial charge in [-0.15, -0.1) is 0 Å². The SMILES string of the molecule is CCCCCCCC(C)c1nccc(-c2ccccc2)n1. The predicted octanol–water partition coefficient (Wildman–Crippen LogP) is 5.61. The Kier molecular flexibility index (Phi) is 6.39. The van der Waals surface area contributed by atoms with Crippen molar-refractivity contribution in [1.82, 2.24) is 9.97 Å². The van der Waals surface area contributed by atoms with Gasteiger partial charge >= 0.3 is 0 Å². The van der Waals surface area contributed by atoms with Crippen LogP contribution in [0.4, 0.5) is 0 Å². The van der Waals surface area contributed by atoms with Crippen molar-refractivity contribution in [3.8, 4) is 11.3 Å². The molecule has 0 bridgehead atoms. The topological polar surface area (TPSA) is 25.8 Å². The van der Waals surface area contributed by atoms with Gasteiger partial charge in [0.15, 0.2) is 0 Å². The third kappa shape index (κ3) is 4.96. The van der Waals surface area contributed by atoms with E-state index in [9.17, 15) is 0 Å². The lowest BCUT2D eigenvalue weighted by molar-refractivity contribution is 0.552. The van der Waals surface area contributed by atoms with Gasteiger partial charge in [0, 0.05) is 17.7 Å². The van der Waals surface area contributed by atoms with Crippen LogP contribution >= 0.6 is 0 Å². The van der Waals surface area contributed by atoms with Gasteiger partial charge in [0.2, 0.25) is 0 Å². The maximum atomic E-state index is 4.75. The first-order valence-electron chi connectivity index (χ1n) is 8.19. The minimum absolute atomic E-state index is 0.440. The molecule has 0 saturated carbocycles. The molecule has 0 N–H and O–H groups in total. The van der Waals surface area contributed by atoms with Crippen molar-refractivity contribution in [2.45, 2.75) is 58.3 Å². The summed E-state index contributed by atoms with van der Waals surface area (Å²) in [6.07, 6.45) is 9.69. The highest BCUT2D eigenvalue weighted by Crippen LogP contribution is 2.22. The number of nitrogens with zero attached hydrogens (tertiary/aromatic N) is 2. The highest BCUT2D eigenvalue weighted by atomic mass is 14.9. The van der Waals surface area contributed by atoms with Gasteiger partial charge in [-0.25, -0.2) is 9.97 Å². The highest BCUT2D eigenvalue weighted by molar-refractivity contribution is 5.58. The van der Waals surface area contributed by atoms with Crippen molar-refractivity contribution in [2.24, 2.45) is 0 Å². The average molecular weight is 282 g/mol. The fourth-order valence-corrected chi connectivity index (χ4v) is 2.56. The van der Waals surface area contributed by atoms with Gasteiger partial charge < -0.3 is 0 Å². The second kappa shape index (κ2) is 8.56. The van der Waals surface area contributed by atoms with E-state index >= 15 is 0 Å². The molecular weight excluding hydrogens is 256 g/mol. The fraction of sp³-hybridized carbons (Fsp3) is 0.474. The minimum Gasteiger partial charge on any atom is -0.241 e. The van der Waals surface area contributed by atoms with E-state index in [0.29, 0.717) is 5.92 Å². The lowest BCUT2D eigenvalue weighted by Crippen LogP contribution is -2.01. The summed E-state index contributed by atoms with van der Waals surface area (Å²) in [5, 5.41) is 0. The second-order valence-corrected chi connectivity index (χ2v) is 5.77. The van der Waals surface area contributed by atoms with Gasteiger partial charge in [0.1, 0.15) is 5.82 Å². The molecule has 2 rings (SSSR count). The summed E-state index contributed by atoms with van der Waals surface area (Å²) in [5.74, 6) is 1.42. The average Bonchev–Trinajstić information content (AvgIpc) is 2.55. The molecule has 0 aliphatic carbocycles. The second-order valence-electron chi connectivity index (χ2n) is 5.77. The first-order valence-corrected chi connectivity index (χ1v) is 8.19. The van der Waals surface area contributed by atoms with E-state index in [1.54, 1.807) is 0 Å². The molecule has 0 amide bonds. The van der Waals surface area contributed by atoms with Crippen LogP contribution in [0.15, 0.2) is 42.6 Å². The Balaban J connectivity index is 1.94. The molecule has 1 heterocycles. The summed E-state index contributed by atoms with van der Waals surface area (Å²) in [5.41, 5.74) is 2.19. The molecule has 0 spiro atoms. The Labute approximate surface area is 128 Å². The molecule has 2 aromatic rings. The van der Waals surface area contributed by atoms with Crippen molar-refractivity contribution in [3.05, 3.63) is 48.4 Å². The standard InChI is InChI=1S/C19H26N2/c1-3-4-5-6-8-11-16(2)19-20-15-14-18(21-19)17-12-9-7-10-13-17/h7,9-10,12-16H,3-6,8,11H2,1-2H3. The smallest absolute Gasteiger partial charge is 0.131 e. The molecule has 2 heteroatoms. The Bertz CT molecular complexity index is 522. The largest absolute Gasteiger partial charge is 0.241 e. The zero-order valence-electron chi connectivity index (χ0n) is 13.3. The number of aromatic nitrogens is 2. The van der Waals surface area contributed by atoms with Gasteiger partial charge in [-0.2, -0.15) is 0 Å². The number of rotatable bonds is 8. The zero-order valence-corrected chi connectivity index (χ0v) is 13.3. The van der Waals surface area contributed by atoms with Crippen molar-refractivity contribution in [3.63, 3.8) is 0 Å². The molecule has 1 aromatic heterocycles. The van der Waals surface area contributed by atoms with Crippen LogP contribution < -0.4 is 0 Å². The van der Waals surface area contributed by atoms with Crippen molar-refractivity contribution >= 4 is 0 Å². The van der Waals surface area contributed by atoms with E-state index in [1.807, 2.05) is 30.5 Å². The van der Waals surface area contributed by atoms with Crippen LogP contribution in [0, 0.1) is 0 Å². The molecule has 1 unspecified atom stereocenters. The van der Waals surface area contributed by atoms with Crippen LogP contribution in [0.1, 0.15) is 64.1 Å². The summed E-state index contributed by atoms with van der Waals surface area (Å²) >= 11 is 0. The minimum atomic E-state index is 0.440. The predicted molar refractivity (Wildman–Crippen MR) is 89.3 cm³/mol. The molecule has 1 aromatic carbocycles. The lowest BCUT2D eigenvalue weighted by atomic mass is 10.0. The molecule has 21 heavy (non-hydrogen) atoms. The Hall–Kier alpha value is -1.70. The summed E-state index contributed by atoms with van der Waals surface area (Å²) in [4.78, 5) is 9.22. The molecule has 0 fully saturated rings. The molecule has 2 nitrogen and oxygen atoms in total. The van der Waals surface area contributed by atoms with Gasteiger partial charge in [-0.05, 0) is 12.5 Å². The van der Waals surface area contributed by atoms with Crippen LogP contribution in [-0.2, 0) is 0 Å². The van der Waals surface area contributed by atoms with Gasteiger partial charge in [0.25, 0.3) is 0 Å². The van der Waals surface area contributed by atoms with E-state index in [0.717, 1.165) is 17.1 Å². The summed E-state index contributed by atoms with van der Waals surface area (Å²) in [6, 6.07) is 12.3. The zero-order chi connectivity index (χ0) is 14.9. The third-order valence-electron chi connectivity index (χ3n) is 3.93. The van der Waals surface area contributed by atoms with Crippen LogP contribution in [-0.4, -0.2) is 9.97 Å². The maximum Gasteiger partial charge on any atom is 0.131 e. The quantitative estimate of drug-likeness (QED) is 0.588. The normalized spacial score (nSPS) is 12.3. The number of hydrogen-bond acceptors (Lipinski definition) is 2. The molecule has 1 atom stereocenters. The van der Waals surface area contributed by atoms with Crippen molar-refractivity contribution in [1.29, 1.82) is 0 Å². The Morgan fingerprint density at radius 1 is 0.952 bits per heavy atom. The summed E-state index contributed by atoms with van der Waals surface area (Å²) in [6.45, 7) is 4.50. The van der Waals surface area contributed by atoms with Gasteiger partial charge in [0.05, 0.1) is 5.69 Å². The molecular formula is C19H26N2. The van der Waals surface area contributed by atoms with Crippen LogP contribution in [0.5, 0.6) is 0 Å². The Morgan fingerprint density at radius 2 is 1.71 bits per heavy atom. The van der Waals surface area contributed by atoms with Crippen molar-refractivity contribution in [2.75, 3.05) is 0 Å². The Morgan fingerprint density at radius 3 is 2.48 bits per heavy atom. The summed E-state index contributed by atoms with van der Waals surface area (Å²) in [7, 11) is 0. The highest BCUT2D eigenvalue weighted by Gasteiger charge is 2.09. The summed E-state index contributed by atoms with van der Waals surface area (Å²) < 4.78 is 0. The molecule has 0 aliphatic heterocycles. The maximum absolute atomic E-state index is 4.75. The van der Waals surface area contributed by atoms with E-state index in [-0.39, 0.29) is 0 Å². The molecule has 0 radical (unpaired) electrons. The number of unbranched alkanes of at least 4 members (excludes halogenated alkanes) is 4. The third-order valence-corrected chi connectivity index (χ3v) is 3.93. The van der Waals surface area contributed by atoms with Gasteiger partial charge in [-0.1, -0.05) is 76.3 Å². The first kappa shape index (κ1) is 15.7. The molecule has 0 aliphatic rings. The van der Waals surface area contributed by atoms with E-state index in [4.69, 9.17) is 4.98 Å². The van der Waals surface area contributed by atoms with E-state index < -0.39 is 0 Å². The fourth-order valence-electron chi connectivity index (χ4n) is 2.56. The van der Waals surface area contributed by atoms with Crippen molar-refractivity contribution < 1.29 is 0 Å². The van der Waals surface area contributed by atoms with E-state index in [1.165, 1.54) is 38.5 Å². The van der Waals surface area contributed by atoms with Crippen LogP contribution in [0.2, 0.25) is 0 Å².